The lowest BCUT2D eigenvalue weighted by molar-refractivity contribution is 0.0927. The van der Waals surface area contributed by atoms with E-state index in [4.69, 9.17) is 11.6 Å². The number of nitrogens with one attached hydrogen (secondary N) is 2. The zero-order valence-corrected chi connectivity index (χ0v) is 14.5. The molecule has 114 valence electrons. The van der Waals surface area contributed by atoms with Crippen LogP contribution in [0.15, 0.2) is 48.5 Å². The molecule has 2 aromatic rings. The largest absolute Gasteiger partial charge is 0.350 e. The van der Waals surface area contributed by atoms with Crippen LogP contribution < -0.4 is 10.6 Å². The van der Waals surface area contributed by atoms with Gasteiger partial charge in [-0.2, -0.15) is 0 Å². The number of carbonyl (C=O) groups excluding carboxylic acids is 2. The van der Waals surface area contributed by atoms with Gasteiger partial charge in [-0.05, 0) is 52.9 Å². The summed E-state index contributed by atoms with van der Waals surface area (Å²) in [6, 6.07) is 14.0. The topological polar surface area (TPSA) is 58.2 Å². The fourth-order valence-electron chi connectivity index (χ4n) is 1.78. The third-order valence-electron chi connectivity index (χ3n) is 2.91. The molecule has 0 unspecified atom stereocenters. The summed E-state index contributed by atoms with van der Waals surface area (Å²) in [5.41, 5.74) is 1.14. The molecule has 0 aliphatic rings. The van der Waals surface area contributed by atoms with Gasteiger partial charge in [-0.25, -0.2) is 0 Å². The summed E-state index contributed by atoms with van der Waals surface area (Å²) in [6.07, 6.45) is 0. The molecule has 2 rings (SSSR count). The lowest BCUT2D eigenvalue weighted by Gasteiger charge is -2.08. The van der Waals surface area contributed by atoms with Gasteiger partial charge in [0.2, 0.25) is 0 Å². The van der Waals surface area contributed by atoms with E-state index in [0.717, 1.165) is 3.57 Å². The molecular weight excluding hydrogens is 415 g/mol. The Morgan fingerprint density at radius 1 is 0.909 bits per heavy atom. The SMILES string of the molecule is O=C(NCCNC(=O)c1ccc(Cl)c(I)c1)c1ccccc1. The van der Waals surface area contributed by atoms with Crippen LogP contribution in [0.3, 0.4) is 0 Å². The van der Waals surface area contributed by atoms with Crippen molar-refractivity contribution in [1.82, 2.24) is 10.6 Å². The second kappa shape index (κ2) is 8.14. The van der Waals surface area contributed by atoms with E-state index in [1.54, 1.807) is 42.5 Å². The molecule has 0 saturated carbocycles. The van der Waals surface area contributed by atoms with E-state index in [9.17, 15) is 9.59 Å². The lowest BCUT2D eigenvalue weighted by Crippen LogP contribution is -2.34. The summed E-state index contributed by atoms with van der Waals surface area (Å²) >= 11 is 7.99. The van der Waals surface area contributed by atoms with Gasteiger partial charge in [0.05, 0.1) is 5.02 Å². The fraction of sp³-hybridized carbons (Fsp3) is 0.125. The van der Waals surface area contributed by atoms with Gasteiger partial charge in [-0.3, -0.25) is 9.59 Å². The first-order valence-electron chi connectivity index (χ1n) is 6.64. The zero-order chi connectivity index (χ0) is 15.9. The van der Waals surface area contributed by atoms with Crippen molar-refractivity contribution in [3.8, 4) is 0 Å². The van der Waals surface area contributed by atoms with Crippen LogP contribution in [0.1, 0.15) is 20.7 Å². The van der Waals surface area contributed by atoms with Crippen LogP contribution in [0.4, 0.5) is 0 Å². The Morgan fingerprint density at radius 3 is 2.09 bits per heavy atom. The molecule has 0 aromatic heterocycles. The first kappa shape index (κ1) is 16.8. The Balaban J connectivity index is 1.78. The van der Waals surface area contributed by atoms with Crippen LogP contribution in [0.2, 0.25) is 5.02 Å². The Morgan fingerprint density at radius 2 is 1.50 bits per heavy atom. The summed E-state index contributed by atoms with van der Waals surface area (Å²) in [7, 11) is 0. The third kappa shape index (κ3) is 4.71. The van der Waals surface area contributed by atoms with Crippen molar-refractivity contribution in [1.29, 1.82) is 0 Å². The summed E-state index contributed by atoms with van der Waals surface area (Å²) in [4.78, 5) is 23.8. The highest BCUT2D eigenvalue weighted by molar-refractivity contribution is 14.1. The number of hydrogen-bond acceptors (Lipinski definition) is 2. The molecule has 0 aliphatic heterocycles. The van der Waals surface area contributed by atoms with Crippen molar-refractivity contribution in [2.24, 2.45) is 0 Å². The van der Waals surface area contributed by atoms with Gasteiger partial charge < -0.3 is 10.6 Å². The summed E-state index contributed by atoms with van der Waals surface area (Å²) in [5.74, 6) is -0.348. The van der Waals surface area contributed by atoms with E-state index >= 15 is 0 Å². The zero-order valence-electron chi connectivity index (χ0n) is 11.6. The molecule has 0 aliphatic carbocycles. The predicted molar refractivity (Wildman–Crippen MR) is 95.3 cm³/mol. The highest BCUT2D eigenvalue weighted by atomic mass is 127. The normalized spacial score (nSPS) is 10.1. The first-order valence-corrected chi connectivity index (χ1v) is 8.10. The van der Waals surface area contributed by atoms with Crippen molar-refractivity contribution in [3.63, 3.8) is 0 Å². The summed E-state index contributed by atoms with van der Waals surface area (Å²) < 4.78 is 0.823. The molecule has 0 heterocycles. The number of hydrogen-bond donors (Lipinski definition) is 2. The molecule has 0 bridgehead atoms. The van der Waals surface area contributed by atoms with E-state index in [1.807, 2.05) is 6.07 Å². The standard InChI is InChI=1S/C16H14ClIN2O2/c17-13-7-6-12(10-14(13)18)16(22)20-9-8-19-15(21)11-4-2-1-3-5-11/h1-7,10H,8-9H2,(H,19,21)(H,20,22). The highest BCUT2D eigenvalue weighted by Crippen LogP contribution is 2.19. The van der Waals surface area contributed by atoms with Gasteiger partial charge in [0.15, 0.2) is 0 Å². The lowest BCUT2D eigenvalue weighted by atomic mass is 10.2. The van der Waals surface area contributed by atoms with E-state index in [1.165, 1.54) is 0 Å². The van der Waals surface area contributed by atoms with E-state index < -0.39 is 0 Å². The molecule has 22 heavy (non-hydrogen) atoms. The van der Waals surface area contributed by atoms with Gasteiger partial charge in [0.1, 0.15) is 0 Å². The number of benzene rings is 2. The van der Waals surface area contributed by atoms with Crippen LogP contribution in [-0.4, -0.2) is 24.9 Å². The maximum atomic E-state index is 12.0. The molecule has 0 spiro atoms. The molecule has 0 atom stereocenters. The van der Waals surface area contributed by atoms with Crippen molar-refractivity contribution >= 4 is 46.0 Å². The monoisotopic (exact) mass is 428 g/mol. The number of rotatable bonds is 5. The molecule has 0 fully saturated rings. The van der Waals surface area contributed by atoms with Crippen LogP contribution >= 0.6 is 34.2 Å². The Hall–Kier alpha value is -1.60. The van der Waals surface area contributed by atoms with Crippen molar-refractivity contribution < 1.29 is 9.59 Å². The summed E-state index contributed by atoms with van der Waals surface area (Å²) in [6.45, 7) is 0.723. The molecule has 4 nitrogen and oxygen atoms in total. The van der Waals surface area contributed by atoms with Crippen molar-refractivity contribution in [3.05, 3.63) is 68.3 Å². The quantitative estimate of drug-likeness (QED) is 0.568. The minimum absolute atomic E-state index is 0.157. The van der Waals surface area contributed by atoms with Gasteiger partial charge in [0, 0.05) is 27.8 Å². The van der Waals surface area contributed by atoms with Crippen LogP contribution in [0, 0.1) is 3.57 Å². The average Bonchev–Trinajstić information content (AvgIpc) is 2.54. The molecule has 2 amide bonds. The Kier molecular flexibility index (Phi) is 6.21. The van der Waals surface area contributed by atoms with Gasteiger partial charge >= 0.3 is 0 Å². The van der Waals surface area contributed by atoms with E-state index in [0.29, 0.717) is 29.2 Å². The second-order valence-electron chi connectivity index (χ2n) is 4.51. The molecular formula is C16H14ClIN2O2. The highest BCUT2D eigenvalue weighted by Gasteiger charge is 2.08. The number of carbonyl (C=O) groups is 2. The molecule has 6 heteroatoms. The second-order valence-corrected chi connectivity index (χ2v) is 6.08. The van der Waals surface area contributed by atoms with Gasteiger partial charge in [0.25, 0.3) is 11.8 Å². The minimum Gasteiger partial charge on any atom is -0.350 e. The fourth-order valence-corrected chi connectivity index (χ4v) is 2.42. The van der Waals surface area contributed by atoms with Gasteiger partial charge in [-0.15, -0.1) is 0 Å². The van der Waals surface area contributed by atoms with Crippen molar-refractivity contribution in [2.45, 2.75) is 0 Å². The Labute approximate surface area is 147 Å². The van der Waals surface area contributed by atoms with E-state index in [-0.39, 0.29) is 11.8 Å². The maximum Gasteiger partial charge on any atom is 0.251 e. The summed E-state index contributed by atoms with van der Waals surface area (Å²) in [5, 5.41) is 6.12. The minimum atomic E-state index is -0.191. The average molecular weight is 429 g/mol. The number of halogens is 2. The van der Waals surface area contributed by atoms with Crippen LogP contribution in [0.25, 0.3) is 0 Å². The smallest absolute Gasteiger partial charge is 0.251 e. The first-order chi connectivity index (χ1) is 10.6. The van der Waals surface area contributed by atoms with Crippen LogP contribution in [-0.2, 0) is 0 Å². The van der Waals surface area contributed by atoms with Gasteiger partial charge in [-0.1, -0.05) is 29.8 Å². The van der Waals surface area contributed by atoms with Crippen LogP contribution in [0.5, 0.6) is 0 Å². The maximum absolute atomic E-state index is 12.0. The molecule has 0 radical (unpaired) electrons. The predicted octanol–water partition coefficient (Wildman–Crippen LogP) is 3.10. The van der Waals surface area contributed by atoms with E-state index in [2.05, 4.69) is 33.2 Å². The number of amides is 2. The Bertz CT molecular complexity index is 677. The third-order valence-corrected chi connectivity index (χ3v) is 4.45. The van der Waals surface area contributed by atoms with Crippen molar-refractivity contribution in [2.75, 3.05) is 13.1 Å². The molecule has 0 saturated heterocycles. The molecule has 2 N–H and O–H groups in total. The molecule has 2 aromatic carbocycles.